The second kappa shape index (κ2) is 6.39. The van der Waals surface area contributed by atoms with Crippen molar-refractivity contribution < 1.29 is 9.47 Å². The lowest BCUT2D eigenvalue weighted by Gasteiger charge is -2.28. The molecule has 0 aromatic carbocycles. The van der Waals surface area contributed by atoms with Crippen LogP contribution in [0.2, 0.25) is 0 Å². The van der Waals surface area contributed by atoms with E-state index in [1.54, 1.807) is 13.3 Å². The molecule has 3 unspecified atom stereocenters. The molecule has 5 heteroatoms. The number of rotatable bonds is 6. The molecule has 3 atom stereocenters. The van der Waals surface area contributed by atoms with Crippen LogP contribution in [0.3, 0.4) is 0 Å². The van der Waals surface area contributed by atoms with Crippen LogP contribution in [0.4, 0.5) is 0 Å². The van der Waals surface area contributed by atoms with Gasteiger partial charge >= 0.3 is 0 Å². The van der Waals surface area contributed by atoms with Crippen LogP contribution < -0.4 is 10.1 Å². The van der Waals surface area contributed by atoms with E-state index in [1.807, 2.05) is 11.7 Å². The van der Waals surface area contributed by atoms with E-state index >= 15 is 0 Å². The summed E-state index contributed by atoms with van der Waals surface area (Å²) in [6.07, 6.45) is 4.25. The van der Waals surface area contributed by atoms with Crippen molar-refractivity contribution in [2.24, 2.45) is 13.0 Å². The predicted molar refractivity (Wildman–Crippen MR) is 74.3 cm³/mol. The summed E-state index contributed by atoms with van der Waals surface area (Å²) in [7, 11) is 3.67. The van der Waals surface area contributed by atoms with Gasteiger partial charge in [0, 0.05) is 19.6 Å². The summed E-state index contributed by atoms with van der Waals surface area (Å²) in [5.74, 6) is 1.34. The molecule has 0 radical (unpaired) electrons. The summed E-state index contributed by atoms with van der Waals surface area (Å²) in [5.41, 5.74) is 1.12. The van der Waals surface area contributed by atoms with Gasteiger partial charge in [0.15, 0.2) is 5.75 Å². The fourth-order valence-corrected chi connectivity index (χ4v) is 3.08. The monoisotopic (exact) mass is 267 g/mol. The van der Waals surface area contributed by atoms with Crippen molar-refractivity contribution in [2.45, 2.75) is 38.8 Å². The summed E-state index contributed by atoms with van der Waals surface area (Å²) in [6.45, 7) is 6.09. The Kier molecular flexibility index (Phi) is 4.82. The Bertz CT molecular complexity index is 405. The maximum Gasteiger partial charge on any atom is 0.161 e. The normalized spacial score (nSPS) is 24.6. The molecule has 0 amide bonds. The van der Waals surface area contributed by atoms with Crippen LogP contribution in [0, 0.1) is 5.92 Å². The molecule has 1 N–H and O–H groups in total. The van der Waals surface area contributed by atoms with Gasteiger partial charge in [0.1, 0.15) is 0 Å². The van der Waals surface area contributed by atoms with E-state index in [1.165, 1.54) is 0 Å². The first-order valence-electron chi connectivity index (χ1n) is 7.13. The molecule has 0 bridgehead atoms. The van der Waals surface area contributed by atoms with E-state index in [0.29, 0.717) is 12.0 Å². The summed E-state index contributed by atoms with van der Waals surface area (Å²) in [6, 6.07) is 0.236. The van der Waals surface area contributed by atoms with Gasteiger partial charge in [-0.05, 0) is 19.4 Å². The maximum atomic E-state index is 5.84. The first kappa shape index (κ1) is 14.3. The summed E-state index contributed by atoms with van der Waals surface area (Å²) in [4.78, 5) is 0. The molecule has 1 aromatic heterocycles. The molecule has 0 spiro atoms. The molecule has 0 aliphatic carbocycles. The number of nitrogens with one attached hydrogen (secondary N) is 1. The van der Waals surface area contributed by atoms with Gasteiger partial charge in [0.05, 0.1) is 31.1 Å². The third kappa shape index (κ3) is 2.77. The van der Waals surface area contributed by atoms with Crippen molar-refractivity contribution >= 4 is 0 Å². The molecule has 1 aliphatic rings. The van der Waals surface area contributed by atoms with E-state index < -0.39 is 0 Å². The summed E-state index contributed by atoms with van der Waals surface area (Å²) < 4.78 is 13.2. The fraction of sp³-hybridized carbons (Fsp3) is 0.786. The van der Waals surface area contributed by atoms with Crippen LogP contribution in [-0.4, -0.2) is 36.1 Å². The molecular weight excluding hydrogens is 242 g/mol. The van der Waals surface area contributed by atoms with Gasteiger partial charge in [-0.1, -0.05) is 13.8 Å². The molecule has 1 aromatic rings. The lowest BCUT2D eigenvalue weighted by Crippen LogP contribution is -2.34. The minimum absolute atomic E-state index is 0.236. The number of nitrogens with zero attached hydrogens (tertiary/aromatic N) is 2. The topological polar surface area (TPSA) is 48.3 Å². The second-order valence-corrected chi connectivity index (χ2v) is 5.03. The molecule has 1 fully saturated rings. The van der Waals surface area contributed by atoms with Crippen LogP contribution in [0.25, 0.3) is 0 Å². The molecule has 19 heavy (non-hydrogen) atoms. The number of hydrogen-bond acceptors (Lipinski definition) is 4. The highest BCUT2D eigenvalue weighted by molar-refractivity contribution is 5.29. The molecule has 1 saturated heterocycles. The largest absolute Gasteiger partial charge is 0.493 e. The smallest absolute Gasteiger partial charge is 0.161 e. The Morgan fingerprint density at radius 3 is 3.00 bits per heavy atom. The van der Waals surface area contributed by atoms with Gasteiger partial charge in [0.25, 0.3) is 0 Å². The van der Waals surface area contributed by atoms with Crippen molar-refractivity contribution in [2.75, 3.05) is 20.3 Å². The molecule has 2 rings (SSSR count). The number of hydrogen-bond donors (Lipinski definition) is 1. The van der Waals surface area contributed by atoms with Gasteiger partial charge in [-0.3, -0.25) is 4.68 Å². The van der Waals surface area contributed by atoms with Crippen molar-refractivity contribution in [3.8, 4) is 5.75 Å². The highest BCUT2D eigenvalue weighted by atomic mass is 16.5. The van der Waals surface area contributed by atoms with Crippen LogP contribution in [0.1, 0.15) is 38.4 Å². The Morgan fingerprint density at radius 2 is 2.37 bits per heavy atom. The third-order valence-electron chi connectivity index (χ3n) is 3.98. The minimum atomic E-state index is 0.236. The van der Waals surface area contributed by atoms with Crippen LogP contribution >= 0.6 is 0 Å². The Morgan fingerprint density at radius 1 is 1.58 bits per heavy atom. The van der Waals surface area contributed by atoms with Crippen LogP contribution in [-0.2, 0) is 11.8 Å². The zero-order chi connectivity index (χ0) is 13.8. The van der Waals surface area contributed by atoms with E-state index in [2.05, 4.69) is 24.3 Å². The Hall–Kier alpha value is -1.07. The highest BCUT2D eigenvalue weighted by Gasteiger charge is 2.36. The maximum absolute atomic E-state index is 5.84. The van der Waals surface area contributed by atoms with Crippen LogP contribution in [0.5, 0.6) is 5.75 Å². The molecule has 108 valence electrons. The van der Waals surface area contributed by atoms with Gasteiger partial charge in [-0.2, -0.15) is 5.10 Å². The number of ether oxygens (including phenoxy) is 2. The van der Waals surface area contributed by atoms with E-state index in [9.17, 15) is 0 Å². The molecule has 2 heterocycles. The fourth-order valence-electron chi connectivity index (χ4n) is 3.08. The van der Waals surface area contributed by atoms with E-state index in [0.717, 1.165) is 37.4 Å². The minimum Gasteiger partial charge on any atom is -0.493 e. The first-order chi connectivity index (χ1) is 9.22. The van der Waals surface area contributed by atoms with Gasteiger partial charge in [-0.25, -0.2) is 0 Å². The number of aromatic nitrogens is 2. The first-order valence-corrected chi connectivity index (χ1v) is 7.13. The van der Waals surface area contributed by atoms with Crippen LogP contribution in [0.15, 0.2) is 6.20 Å². The zero-order valence-corrected chi connectivity index (χ0v) is 12.3. The van der Waals surface area contributed by atoms with Gasteiger partial charge in [0.2, 0.25) is 0 Å². The summed E-state index contributed by atoms with van der Waals surface area (Å²) in [5, 5.41) is 7.91. The molecule has 0 saturated carbocycles. The number of methoxy groups -OCH3 is 1. The molecule has 5 nitrogen and oxygen atoms in total. The second-order valence-electron chi connectivity index (χ2n) is 5.03. The average Bonchev–Trinajstić information content (AvgIpc) is 3.02. The van der Waals surface area contributed by atoms with E-state index in [-0.39, 0.29) is 6.04 Å². The van der Waals surface area contributed by atoms with Gasteiger partial charge in [-0.15, -0.1) is 0 Å². The SMILES string of the molecule is CCNC(c1c(OC)cnn1C)C1CCOC1CC. The number of aryl methyl sites for hydroxylation is 1. The quantitative estimate of drug-likeness (QED) is 0.855. The average molecular weight is 267 g/mol. The zero-order valence-electron chi connectivity index (χ0n) is 12.3. The Labute approximate surface area is 115 Å². The van der Waals surface area contributed by atoms with E-state index in [4.69, 9.17) is 9.47 Å². The van der Waals surface area contributed by atoms with Gasteiger partial charge < -0.3 is 14.8 Å². The van der Waals surface area contributed by atoms with Crippen molar-refractivity contribution in [3.05, 3.63) is 11.9 Å². The van der Waals surface area contributed by atoms with Crippen molar-refractivity contribution in [1.29, 1.82) is 0 Å². The third-order valence-corrected chi connectivity index (χ3v) is 3.98. The van der Waals surface area contributed by atoms with Crippen molar-refractivity contribution in [3.63, 3.8) is 0 Å². The van der Waals surface area contributed by atoms with Crippen molar-refractivity contribution in [1.82, 2.24) is 15.1 Å². The lowest BCUT2D eigenvalue weighted by molar-refractivity contribution is 0.0764. The highest BCUT2D eigenvalue weighted by Crippen LogP contribution is 2.37. The molecule has 1 aliphatic heterocycles. The summed E-state index contributed by atoms with van der Waals surface area (Å²) >= 11 is 0. The standard InChI is InChI=1S/C14H25N3O2/c1-5-11-10(7-8-19-11)13(15-6-2)14-12(18-4)9-16-17(14)3/h9-11,13,15H,5-8H2,1-4H3. The predicted octanol–water partition coefficient (Wildman–Crippen LogP) is 1.89. The Balaban J connectivity index is 2.31. The lowest BCUT2D eigenvalue weighted by atomic mass is 9.89. The molecular formula is C14H25N3O2.